The van der Waals surface area contributed by atoms with Gasteiger partial charge in [0, 0.05) is 30.6 Å². The van der Waals surface area contributed by atoms with Crippen LogP contribution in [0.2, 0.25) is 0 Å². The molecule has 0 saturated heterocycles. The molecule has 8 heteroatoms. The first-order valence-corrected chi connectivity index (χ1v) is 10.6. The fourth-order valence-corrected chi connectivity index (χ4v) is 3.12. The molecule has 0 saturated carbocycles. The average Bonchev–Trinajstić information content (AvgIpc) is 2.71. The van der Waals surface area contributed by atoms with Gasteiger partial charge in [-0.05, 0) is 62.9 Å². The van der Waals surface area contributed by atoms with Crippen LogP contribution in [0.1, 0.15) is 41.0 Å². The topological polar surface area (TPSA) is 102 Å². The molecule has 2 rings (SSSR count). The van der Waals surface area contributed by atoms with Crippen LogP contribution in [0, 0.1) is 5.92 Å². The summed E-state index contributed by atoms with van der Waals surface area (Å²) in [6.45, 7) is 9.31. The molecule has 32 heavy (non-hydrogen) atoms. The van der Waals surface area contributed by atoms with Crippen molar-refractivity contribution in [3.05, 3.63) is 36.5 Å². The zero-order valence-electron chi connectivity index (χ0n) is 19.9. The lowest BCUT2D eigenvalue weighted by Crippen LogP contribution is -2.46. The van der Waals surface area contributed by atoms with Crippen molar-refractivity contribution in [2.45, 2.75) is 52.7 Å². The van der Waals surface area contributed by atoms with Crippen LogP contribution in [0.4, 0.5) is 16.3 Å². The highest BCUT2D eigenvalue weighted by Crippen LogP contribution is 2.33. The summed E-state index contributed by atoms with van der Waals surface area (Å²) in [6.07, 6.45) is 1.57. The van der Waals surface area contributed by atoms with Crippen LogP contribution < -0.4 is 20.7 Å². The molecule has 0 spiro atoms. The minimum atomic E-state index is -0.728. The van der Waals surface area contributed by atoms with Gasteiger partial charge in [0.1, 0.15) is 23.2 Å². The van der Waals surface area contributed by atoms with Gasteiger partial charge in [0.05, 0.1) is 7.11 Å². The van der Waals surface area contributed by atoms with Gasteiger partial charge in [-0.25, -0.2) is 9.78 Å². The van der Waals surface area contributed by atoms with Crippen LogP contribution in [0.15, 0.2) is 36.5 Å². The van der Waals surface area contributed by atoms with E-state index in [1.54, 1.807) is 53.3 Å². The van der Waals surface area contributed by atoms with E-state index in [1.807, 2.05) is 32.0 Å². The molecule has 1 aromatic carbocycles. The largest absolute Gasteiger partial charge is 0.496 e. The van der Waals surface area contributed by atoms with E-state index in [0.717, 1.165) is 16.9 Å². The maximum absolute atomic E-state index is 12.9. The highest BCUT2D eigenvalue weighted by Gasteiger charge is 2.25. The minimum Gasteiger partial charge on any atom is -0.496 e. The standard InChI is InChI=1S/C24H34N4O4/c1-15(2)12-19(28-23(30)32-24(3,4)5)22(29)27-17-8-9-18(20(14-17)31-7)16-10-11-26-21(13-16)25-6/h8-11,13-15,19H,12H2,1-7H3,(H,25,26)(H,27,29)(H,28,30)/t19-/m1/s1. The summed E-state index contributed by atoms with van der Waals surface area (Å²) >= 11 is 0. The average molecular weight is 443 g/mol. The monoisotopic (exact) mass is 442 g/mol. The van der Waals surface area contributed by atoms with Crippen LogP contribution in [0.3, 0.4) is 0 Å². The Hall–Kier alpha value is -3.29. The van der Waals surface area contributed by atoms with E-state index in [0.29, 0.717) is 17.9 Å². The fraction of sp³-hybridized carbons (Fsp3) is 0.458. The Bertz CT molecular complexity index is 938. The zero-order chi connectivity index (χ0) is 23.9. The number of carbonyl (C=O) groups is 2. The molecule has 1 aromatic heterocycles. The van der Waals surface area contributed by atoms with Crippen LogP contribution >= 0.6 is 0 Å². The van der Waals surface area contributed by atoms with E-state index in [1.165, 1.54) is 0 Å². The zero-order valence-corrected chi connectivity index (χ0v) is 19.9. The quantitative estimate of drug-likeness (QED) is 0.549. The Morgan fingerprint density at radius 3 is 2.44 bits per heavy atom. The highest BCUT2D eigenvalue weighted by molar-refractivity contribution is 5.97. The van der Waals surface area contributed by atoms with Crippen molar-refractivity contribution < 1.29 is 19.1 Å². The van der Waals surface area contributed by atoms with Crippen LogP contribution in [0.25, 0.3) is 11.1 Å². The first-order valence-electron chi connectivity index (χ1n) is 10.6. The molecule has 0 aliphatic carbocycles. The number of hydrogen-bond acceptors (Lipinski definition) is 6. The van der Waals surface area contributed by atoms with Crippen LogP contribution in [0.5, 0.6) is 5.75 Å². The van der Waals surface area contributed by atoms with Gasteiger partial charge in [-0.2, -0.15) is 0 Å². The van der Waals surface area contributed by atoms with Gasteiger partial charge < -0.3 is 25.4 Å². The van der Waals surface area contributed by atoms with Gasteiger partial charge in [0.25, 0.3) is 0 Å². The minimum absolute atomic E-state index is 0.200. The van der Waals surface area contributed by atoms with Crippen molar-refractivity contribution in [2.24, 2.45) is 5.92 Å². The Morgan fingerprint density at radius 1 is 1.12 bits per heavy atom. The van der Waals surface area contributed by atoms with Crippen molar-refractivity contribution in [1.82, 2.24) is 10.3 Å². The SMILES string of the molecule is CNc1cc(-c2ccc(NC(=O)[C@@H](CC(C)C)NC(=O)OC(C)(C)C)cc2OC)ccn1. The van der Waals surface area contributed by atoms with Gasteiger partial charge >= 0.3 is 6.09 Å². The van der Waals surface area contributed by atoms with E-state index in [9.17, 15) is 9.59 Å². The maximum Gasteiger partial charge on any atom is 0.408 e. The van der Waals surface area contributed by atoms with Gasteiger partial charge in [0.15, 0.2) is 0 Å². The maximum atomic E-state index is 12.9. The molecular weight excluding hydrogens is 408 g/mol. The molecule has 2 amide bonds. The summed E-state index contributed by atoms with van der Waals surface area (Å²) in [7, 11) is 3.39. The first kappa shape index (κ1) is 25.0. The number of anilines is 2. The summed E-state index contributed by atoms with van der Waals surface area (Å²) in [5.74, 6) is 1.23. The second-order valence-corrected chi connectivity index (χ2v) is 8.91. The summed E-state index contributed by atoms with van der Waals surface area (Å²) in [6, 6.07) is 8.51. The number of ether oxygens (including phenoxy) is 2. The molecule has 0 aliphatic rings. The summed E-state index contributed by atoms with van der Waals surface area (Å²) < 4.78 is 10.9. The Kier molecular flexibility index (Phi) is 8.46. The van der Waals surface area contributed by atoms with Crippen LogP contribution in [-0.2, 0) is 9.53 Å². The van der Waals surface area contributed by atoms with Crippen molar-refractivity contribution in [3.63, 3.8) is 0 Å². The fourth-order valence-electron chi connectivity index (χ4n) is 3.12. The summed E-state index contributed by atoms with van der Waals surface area (Å²) in [4.78, 5) is 29.4. The highest BCUT2D eigenvalue weighted by atomic mass is 16.6. The van der Waals surface area contributed by atoms with Crippen molar-refractivity contribution in [1.29, 1.82) is 0 Å². The molecule has 1 heterocycles. The van der Waals surface area contributed by atoms with Gasteiger partial charge in [-0.1, -0.05) is 13.8 Å². The van der Waals surface area contributed by atoms with Gasteiger partial charge in [-0.15, -0.1) is 0 Å². The third kappa shape index (κ3) is 7.44. The smallest absolute Gasteiger partial charge is 0.408 e. The van der Waals surface area contributed by atoms with Crippen molar-refractivity contribution in [2.75, 3.05) is 24.8 Å². The Morgan fingerprint density at radius 2 is 1.84 bits per heavy atom. The number of rotatable bonds is 8. The second-order valence-electron chi connectivity index (χ2n) is 8.91. The molecule has 174 valence electrons. The van der Waals surface area contributed by atoms with Crippen LogP contribution in [-0.4, -0.2) is 42.8 Å². The Labute approximate surface area is 190 Å². The number of methoxy groups -OCH3 is 1. The molecule has 0 bridgehead atoms. The van der Waals surface area contributed by atoms with E-state index in [2.05, 4.69) is 20.9 Å². The number of nitrogens with one attached hydrogen (secondary N) is 3. The Balaban J connectivity index is 2.21. The van der Waals surface area contributed by atoms with Gasteiger partial charge in [0.2, 0.25) is 5.91 Å². The lowest BCUT2D eigenvalue weighted by molar-refractivity contribution is -0.118. The third-order valence-corrected chi connectivity index (χ3v) is 4.51. The molecule has 8 nitrogen and oxygen atoms in total. The summed E-state index contributed by atoms with van der Waals surface area (Å²) in [5.41, 5.74) is 1.73. The molecule has 1 atom stereocenters. The molecular formula is C24H34N4O4. The lowest BCUT2D eigenvalue weighted by Gasteiger charge is -2.24. The normalized spacial score (nSPS) is 12.1. The number of carbonyl (C=O) groups excluding carboxylic acids is 2. The molecule has 2 aromatic rings. The van der Waals surface area contributed by atoms with E-state index in [-0.39, 0.29) is 11.8 Å². The predicted octanol–water partition coefficient (Wildman–Crippen LogP) is 4.68. The number of benzene rings is 1. The van der Waals surface area contributed by atoms with E-state index >= 15 is 0 Å². The number of hydrogen-bond donors (Lipinski definition) is 3. The van der Waals surface area contributed by atoms with E-state index in [4.69, 9.17) is 9.47 Å². The number of amides is 2. The van der Waals surface area contributed by atoms with Gasteiger partial charge in [-0.3, -0.25) is 4.79 Å². The number of aromatic nitrogens is 1. The lowest BCUT2D eigenvalue weighted by atomic mass is 10.0. The predicted molar refractivity (Wildman–Crippen MR) is 127 cm³/mol. The summed E-state index contributed by atoms with van der Waals surface area (Å²) in [5, 5.41) is 8.58. The molecule has 3 N–H and O–H groups in total. The molecule has 0 aliphatic heterocycles. The number of nitrogens with zero attached hydrogens (tertiary/aromatic N) is 1. The van der Waals surface area contributed by atoms with Crippen molar-refractivity contribution >= 4 is 23.5 Å². The second kappa shape index (κ2) is 10.8. The molecule has 0 unspecified atom stereocenters. The number of alkyl carbamates (subject to hydrolysis) is 1. The first-order chi connectivity index (χ1) is 15.0. The molecule has 0 radical (unpaired) electrons. The van der Waals surface area contributed by atoms with Crippen molar-refractivity contribution in [3.8, 4) is 16.9 Å². The molecule has 0 fully saturated rings. The van der Waals surface area contributed by atoms with E-state index < -0.39 is 17.7 Å². The third-order valence-electron chi connectivity index (χ3n) is 4.51. The number of pyridine rings is 1.